The molecule has 1 aliphatic heterocycles. The standard InChI is InChI=1S/C9H10N4O6S2/c1-9(2-5(14)13(9)21(17,18)19)12-7(16)6(15)4-3-20-8(10)11-4/h3H,2H2,1H3,(H2,10,11)(H,12,16)(H,17,18,19). The number of nitrogens with one attached hydrogen (secondary N) is 1. The molecule has 2 amide bonds. The number of Topliss-reactive ketones (excluding diaryl/α,β-unsaturated/α-hetero) is 1. The third-order valence-electron chi connectivity index (χ3n) is 2.74. The number of nitrogen functional groups attached to an aromatic ring is 1. The van der Waals surface area contributed by atoms with Crippen LogP contribution in [0.1, 0.15) is 23.8 Å². The van der Waals surface area contributed by atoms with Gasteiger partial charge in [-0.15, -0.1) is 11.3 Å². The van der Waals surface area contributed by atoms with Crippen LogP contribution < -0.4 is 11.1 Å². The predicted octanol–water partition coefficient (Wildman–Crippen LogP) is -1.22. The topological polar surface area (TPSA) is 160 Å². The van der Waals surface area contributed by atoms with Crippen molar-refractivity contribution >= 4 is 44.4 Å². The van der Waals surface area contributed by atoms with Gasteiger partial charge >= 0.3 is 10.3 Å². The van der Waals surface area contributed by atoms with E-state index in [4.69, 9.17) is 10.3 Å². The number of carbonyl (C=O) groups excluding carboxylic acids is 3. The number of aromatic nitrogens is 1. The van der Waals surface area contributed by atoms with Crippen molar-refractivity contribution < 1.29 is 27.4 Å². The van der Waals surface area contributed by atoms with Gasteiger partial charge in [-0.25, -0.2) is 4.98 Å². The largest absolute Gasteiger partial charge is 0.375 e. The molecule has 0 aromatic carbocycles. The first-order valence-electron chi connectivity index (χ1n) is 5.43. The van der Waals surface area contributed by atoms with E-state index < -0.39 is 33.6 Å². The van der Waals surface area contributed by atoms with Gasteiger partial charge in [0.15, 0.2) is 5.13 Å². The van der Waals surface area contributed by atoms with Gasteiger partial charge in [-0.1, -0.05) is 0 Å². The molecular weight excluding hydrogens is 324 g/mol. The van der Waals surface area contributed by atoms with Gasteiger partial charge in [-0.3, -0.25) is 18.9 Å². The Bertz CT molecular complexity index is 741. The van der Waals surface area contributed by atoms with Crippen molar-refractivity contribution in [2.75, 3.05) is 5.73 Å². The fourth-order valence-corrected chi connectivity index (χ4v) is 3.39. The first-order chi connectivity index (χ1) is 9.54. The number of hydrogen-bond donors (Lipinski definition) is 3. The van der Waals surface area contributed by atoms with E-state index in [-0.39, 0.29) is 21.6 Å². The van der Waals surface area contributed by atoms with Crippen LogP contribution in [0.2, 0.25) is 0 Å². The zero-order valence-corrected chi connectivity index (χ0v) is 12.2. The number of nitrogens with two attached hydrogens (primary N) is 1. The molecule has 0 aliphatic carbocycles. The normalized spacial score (nSPS) is 21.8. The highest BCUT2D eigenvalue weighted by Gasteiger charge is 2.55. The summed E-state index contributed by atoms with van der Waals surface area (Å²) >= 11 is 0.958. The summed E-state index contributed by atoms with van der Waals surface area (Å²) in [5.74, 6) is -3.09. The molecule has 1 aliphatic rings. The molecule has 1 saturated heterocycles. The maximum Gasteiger partial charge on any atom is 0.364 e. The van der Waals surface area contributed by atoms with E-state index in [2.05, 4.69) is 10.3 Å². The van der Waals surface area contributed by atoms with Gasteiger partial charge in [0.2, 0.25) is 5.91 Å². The lowest BCUT2D eigenvalue weighted by atomic mass is 9.99. The molecule has 12 heteroatoms. The number of thiazole rings is 1. The maximum atomic E-state index is 11.8. The first-order valence-corrected chi connectivity index (χ1v) is 7.71. The Balaban J connectivity index is 2.16. The molecule has 1 atom stereocenters. The van der Waals surface area contributed by atoms with Crippen LogP contribution in [-0.4, -0.2) is 45.5 Å². The zero-order chi connectivity index (χ0) is 16.0. The van der Waals surface area contributed by atoms with E-state index in [1.165, 1.54) is 12.3 Å². The fraction of sp³-hybridized carbons (Fsp3) is 0.333. The number of rotatable bonds is 4. The highest BCUT2D eigenvalue weighted by atomic mass is 32.2. The van der Waals surface area contributed by atoms with Crippen molar-refractivity contribution in [1.82, 2.24) is 14.6 Å². The monoisotopic (exact) mass is 334 g/mol. The first kappa shape index (κ1) is 15.3. The molecule has 21 heavy (non-hydrogen) atoms. The van der Waals surface area contributed by atoms with E-state index >= 15 is 0 Å². The van der Waals surface area contributed by atoms with Crippen LogP contribution in [0.25, 0.3) is 0 Å². The molecule has 2 heterocycles. The molecular formula is C9H10N4O6S2. The van der Waals surface area contributed by atoms with Crippen LogP contribution in [-0.2, 0) is 19.9 Å². The number of anilines is 1. The van der Waals surface area contributed by atoms with Crippen LogP contribution in [0, 0.1) is 0 Å². The number of amides is 2. The van der Waals surface area contributed by atoms with Crippen LogP contribution >= 0.6 is 11.3 Å². The lowest BCUT2D eigenvalue weighted by molar-refractivity contribution is -0.149. The number of carbonyl (C=O) groups is 3. The third-order valence-corrected chi connectivity index (χ3v) is 4.49. The van der Waals surface area contributed by atoms with Crippen molar-refractivity contribution in [2.45, 2.75) is 19.0 Å². The summed E-state index contributed by atoms with van der Waals surface area (Å²) in [6, 6.07) is 0. The molecule has 1 fully saturated rings. The predicted molar refractivity (Wildman–Crippen MR) is 70.4 cm³/mol. The molecule has 0 saturated carbocycles. The molecule has 2 rings (SSSR count). The number of hydrogen-bond acceptors (Lipinski definition) is 8. The van der Waals surface area contributed by atoms with E-state index in [1.54, 1.807) is 0 Å². The zero-order valence-electron chi connectivity index (χ0n) is 10.6. The van der Waals surface area contributed by atoms with Gasteiger partial charge in [0.1, 0.15) is 11.4 Å². The highest BCUT2D eigenvalue weighted by Crippen LogP contribution is 2.31. The molecule has 1 aromatic heterocycles. The molecule has 4 N–H and O–H groups in total. The lowest BCUT2D eigenvalue weighted by Crippen LogP contribution is -2.72. The van der Waals surface area contributed by atoms with Crippen LogP contribution in [0.4, 0.5) is 5.13 Å². The van der Waals surface area contributed by atoms with Gasteiger partial charge in [0.25, 0.3) is 11.7 Å². The number of ketones is 1. The third kappa shape index (κ3) is 2.72. The average molecular weight is 334 g/mol. The summed E-state index contributed by atoms with van der Waals surface area (Å²) in [5, 5.41) is 3.45. The Morgan fingerprint density at radius 3 is 2.62 bits per heavy atom. The summed E-state index contributed by atoms with van der Waals surface area (Å²) in [7, 11) is -4.83. The molecule has 0 spiro atoms. The van der Waals surface area contributed by atoms with Gasteiger partial charge in [0, 0.05) is 5.38 Å². The molecule has 10 nitrogen and oxygen atoms in total. The minimum absolute atomic E-state index is 0.0933. The Morgan fingerprint density at radius 1 is 1.57 bits per heavy atom. The van der Waals surface area contributed by atoms with Crippen LogP contribution in [0.5, 0.6) is 0 Å². The van der Waals surface area contributed by atoms with Gasteiger partial charge in [0.05, 0.1) is 6.42 Å². The summed E-state index contributed by atoms with van der Waals surface area (Å²) < 4.78 is 31.1. The van der Waals surface area contributed by atoms with E-state index in [0.29, 0.717) is 0 Å². The van der Waals surface area contributed by atoms with E-state index in [9.17, 15) is 22.8 Å². The van der Waals surface area contributed by atoms with Crippen LogP contribution in [0.3, 0.4) is 0 Å². The second-order valence-corrected chi connectivity index (χ2v) is 6.59. The van der Waals surface area contributed by atoms with E-state index in [1.807, 2.05) is 0 Å². The second-order valence-electron chi connectivity index (χ2n) is 4.44. The van der Waals surface area contributed by atoms with Crippen molar-refractivity contribution in [3.8, 4) is 0 Å². The molecule has 1 aromatic rings. The number of β-lactam (4-membered cyclic amide) rings is 1. The maximum absolute atomic E-state index is 11.8. The van der Waals surface area contributed by atoms with Gasteiger partial charge in [-0.05, 0) is 6.92 Å². The summed E-state index contributed by atoms with van der Waals surface area (Å²) in [6.07, 6.45) is -0.370. The average Bonchev–Trinajstić information content (AvgIpc) is 2.71. The van der Waals surface area contributed by atoms with Gasteiger partial charge in [-0.2, -0.15) is 12.7 Å². The molecule has 0 radical (unpaired) electrons. The van der Waals surface area contributed by atoms with Crippen LogP contribution in [0.15, 0.2) is 5.38 Å². The molecule has 1 unspecified atom stereocenters. The van der Waals surface area contributed by atoms with Crippen molar-refractivity contribution in [3.05, 3.63) is 11.1 Å². The molecule has 114 valence electrons. The van der Waals surface area contributed by atoms with Gasteiger partial charge < -0.3 is 11.1 Å². The Hall–Kier alpha value is -2.05. The smallest absolute Gasteiger partial charge is 0.364 e. The summed E-state index contributed by atoms with van der Waals surface area (Å²) in [6.45, 7) is 1.18. The Kier molecular flexibility index (Phi) is 3.47. The van der Waals surface area contributed by atoms with Crippen molar-refractivity contribution in [2.24, 2.45) is 0 Å². The minimum Gasteiger partial charge on any atom is -0.375 e. The number of nitrogens with zero attached hydrogens (tertiary/aromatic N) is 2. The highest BCUT2D eigenvalue weighted by molar-refractivity contribution is 7.84. The van der Waals surface area contributed by atoms with Crippen molar-refractivity contribution in [1.29, 1.82) is 0 Å². The quantitative estimate of drug-likeness (QED) is 0.267. The minimum atomic E-state index is -4.83. The summed E-state index contributed by atoms with van der Waals surface area (Å²) in [5.41, 5.74) is 3.45. The lowest BCUT2D eigenvalue weighted by Gasteiger charge is -2.46. The van der Waals surface area contributed by atoms with Crippen molar-refractivity contribution in [3.63, 3.8) is 0 Å². The Labute approximate surface area is 122 Å². The SMILES string of the molecule is CC1(NC(=O)C(=O)c2csc(N)n2)CC(=O)N1S(=O)(=O)O. The fourth-order valence-electron chi connectivity index (χ4n) is 1.91. The summed E-state index contributed by atoms with van der Waals surface area (Å²) in [4.78, 5) is 38.4. The molecule has 0 bridgehead atoms. The Morgan fingerprint density at radius 2 is 2.19 bits per heavy atom. The van der Waals surface area contributed by atoms with E-state index in [0.717, 1.165) is 11.3 Å². The second kappa shape index (κ2) is 4.75.